The lowest BCUT2D eigenvalue weighted by atomic mass is 9.86. The van der Waals surface area contributed by atoms with Crippen LogP contribution in [0.3, 0.4) is 0 Å². The Morgan fingerprint density at radius 3 is 2.23 bits per heavy atom. The molecule has 1 aliphatic heterocycles. The molecular weight excluding hydrogens is 513 g/mol. The van der Waals surface area contributed by atoms with Gasteiger partial charge in [-0.3, -0.25) is 4.99 Å². The summed E-state index contributed by atoms with van der Waals surface area (Å²) in [5.41, 5.74) is 0. The van der Waals surface area contributed by atoms with Crippen molar-refractivity contribution >= 4 is 40.0 Å². The molecule has 0 radical (unpaired) electrons. The highest BCUT2D eigenvalue weighted by Crippen LogP contribution is 2.26. The predicted molar refractivity (Wildman–Crippen MR) is 135 cm³/mol. The molecule has 3 aliphatic rings. The fourth-order valence-corrected chi connectivity index (χ4v) is 5.71. The smallest absolute Gasteiger partial charge is 0.213 e. The second-order valence-corrected chi connectivity index (χ2v) is 11.1. The maximum atomic E-state index is 12.1. The van der Waals surface area contributed by atoms with Gasteiger partial charge in [0.15, 0.2) is 5.96 Å². The maximum absolute atomic E-state index is 12.1. The van der Waals surface area contributed by atoms with E-state index in [4.69, 9.17) is 0 Å². The van der Waals surface area contributed by atoms with Gasteiger partial charge in [-0.25, -0.2) is 13.1 Å². The summed E-state index contributed by atoms with van der Waals surface area (Å²) in [7, 11) is -1.47. The van der Waals surface area contributed by atoms with Crippen molar-refractivity contribution < 1.29 is 8.42 Å². The maximum Gasteiger partial charge on any atom is 0.213 e. The number of nitrogens with one attached hydrogen (secondary N) is 3. The van der Waals surface area contributed by atoms with E-state index >= 15 is 0 Å². The molecule has 176 valence electrons. The van der Waals surface area contributed by atoms with Gasteiger partial charge in [0, 0.05) is 45.8 Å². The van der Waals surface area contributed by atoms with Gasteiger partial charge in [0.25, 0.3) is 0 Å². The molecule has 0 unspecified atom stereocenters. The van der Waals surface area contributed by atoms with E-state index in [2.05, 4.69) is 25.2 Å². The van der Waals surface area contributed by atoms with Gasteiger partial charge in [-0.2, -0.15) is 0 Å². The van der Waals surface area contributed by atoms with Crippen molar-refractivity contribution in [2.45, 2.75) is 70.3 Å². The third kappa shape index (κ3) is 9.16. The van der Waals surface area contributed by atoms with Crippen LogP contribution in [-0.4, -0.2) is 70.8 Å². The molecule has 9 heteroatoms. The summed E-state index contributed by atoms with van der Waals surface area (Å²) in [6.45, 7) is 4.52. The van der Waals surface area contributed by atoms with Crippen molar-refractivity contribution in [2.75, 3.05) is 45.5 Å². The topological polar surface area (TPSA) is 85.8 Å². The molecule has 3 rings (SSSR count). The minimum absolute atomic E-state index is 0. The summed E-state index contributed by atoms with van der Waals surface area (Å²) < 4.78 is 27.0. The van der Waals surface area contributed by atoms with E-state index in [0.717, 1.165) is 44.7 Å². The molecule has 2 saturated carbocycles. The van der Waals surface area contributed by atoms with Crippen LogP contribution in [0.15, 0.2) is 4.99 Å². The Labute approximate surface area is 200 Å². The van der Waals surface area contributed by atoms with E-state index in [1.165, 1.54) is 45.1 Å². The Hall–Kier alpha value is -0.130. The lowest BCUT2D eigenvalue weighted by molar-refractivity contribution is 0.160. The molecule has 1 saturated heterocycles. The first kappa shape index (κ1) is 26.1. The van der Waals surface area contributed by atoms with Gasteiger partial charge in [0.05, 0.1) is 5.75 Å². The molecule has 3 fully saturated rings. The molecule has 7 nitrogen and oxygen atoms in total. The number of aliphatic imine (C=N–C) groups is 1. The zero-order valence-corrected chi connectivity index (χ0v) is 21.7. The van der Waals surface area contributed by atoms with E-state index < -0.39 is 10.0 Å². The SMILES string of the molecule is CN=C(NCCS(=O)(=O)NCC1CCC1)NC1CCN(CC2CCCCC2)CC1.I. The predicted octanol–water partition coefficient (Wildman–Crippen LogP) is 2.53. The molecule has 1 heterocycles. The quantitative estimate of drug-likeness (QED) is 0.231. The van der Waals surface area contributed by atoms with Crippen molar-refractivity contribution in [2.24, 2.45) is 16.8 Å². The number of likely N-dealkylation sites (tertiary alicyclic amines) is 1. The summed E-state index contributed by atoms with van der Waals surface area (Å²) in [6, 6.07) is 0.414. The van der Waals surface area contributed by atoms with Crippen LogP contribution < -0.4 is 15.4 Å². The summed E-state index contributed by atoms with van der Waals surface area (Å²) >= 11 is 0. The number of hydrogen-bond donors (Lipinski definition) is 3. The summed E-state index contributed by atoms with van der Waals surface area (Å²) in [6.07, 6.45) is 12.8. The van der Waals surface area contributed by atoms with Crippen LogP contribution in [0.1, 0.15) is 64.2 Å². The van der Waals surface area contributed by atoms with Crippen LogP contribution in [0, 0.1) is 11.8 Å². The van der Waals surface area contributed by atoms with Crippen molar-refractivity contribution in [3.8, 4) is 0 Å². The highest BCUT2D eigenvalue weighted by Gasteiger charge is 2.24. The number of nitrogens with zero attached hydrogens (tertiary/aromatic N) is 2. The van der Waals surface area contributed by atoms with Crippen molar-refractivity contribution in [1.82, 2.24) is 20.3 Å². The summed E-state index contributed by atoms with van der Waals surface area (Å²) in [4.78, 5) is 6.91. The second kappa shape index (κ2) is 13.4. The average molecular weight is 556 g/mol. The number of sulfonamides is 1. The second-order valence-electron chi connectivity index (χ2n) is 9.19. The standard InChI is InChI=1S/C21H41N5O2S.HI/c1-22-21(23-12-15-29(27,28)24-16-18-8-5-9-18)25-20-10-13-26(14-11-20)17-19-6-3-2-4-7-19;/h18-20,24H,2-17H2,1H3,(H2,22,23,25);1H. The summed E-state index contributed by atoms with van der Waals surface area (Å²) in [5.74, 6) is 2.24. The lowest BCUT2D eigenvalue weighted by Gasteiger charge is -2.36. The monoisotopic (exact) mass is 555 g/mol. The first-order valence-corrected chi connectivity index (χ1v) is 13.4. The fraction of sp³-hybridized carbons (Fsp3) is 0.952. The Morgan fingerprint density at radius 1 is 0.967 bits per heavy atom. The van der Waals surface area contributed by atoms with Crippen LogP contribution >= 0.6 is 24.0 Å². The highest BCUT2D eigenvalue weighted by atomic mass is 127. The largest absolute Gasteiger partial charge is 0.355 e. The number of hydrogen-bond acceptors (Lipinski definition) is 4. The zero-order valence-electron chi connectivity index (χ0n) is 18.6. The molecule has 0 aromatic rings. The van der Waals surface area contributed by atoms with Gasteiger partial charge in [-0.1, -0.05) is 25.7 Å². The molecule has 0 amide bonds. The molecule has 0 bridgehead atoms. The van der Waals surface area contributed by atoms with Gasteiger partial charge in [-0.15, -0.1) is 24.0 Å². The first-order valence-electron chi connectivity index (χ1n) is 11.7. The van der Waals surface area contributed by atoms with E-state index in [1.807, 2.05) is 0 Å². The van der Waals surface area contributed by atoms with Crippen LogP contribution in [-0.2, 0) is 10.0 Å². The molecule has 0 spiro atoms. The molecular formula is C21H42IN5O2S. The molecule has 30 heavy (non-hydrogen) atoms. The molecule has 0 aromatic carbocycles. The Kier molecular flexibility index (Phi) is 11.7. The van der Waals surface area contributed by atoms with Crippen molar-refractivity contribution in [3.63, 3.8) is 0 Å². The van der Waals surface area contributed by atoms with Crippen LogP contribution in [0.5, 0.6) is 0 Å². The highest BCUT2D eigenvalue weighted by molar-refractivity contribution is 14.0. The Morgan fingerprint density at radius 2 is 1.63 bits per heavy atom. The number of guanidine groups is 1. The normalized spacial score (nSPS) is 22.9. The molecule has 2 aliphatic carbocycles. The number of rotatable bonds is 9. The van der Waals surface area contributed by atoms with Gasteiger partial charge >= 0.3 is 0 Å². The third-order valence-corrected chi connectivity index (χ3v) is 8.22. The van der Waals surface area contributed by atoms with Crippen LogP contribution in [0.25, 0.3) is 0 Å². The van der Waals surface area contributed by atoms with Crippen molar-refractivity contribution in [1.29, 1.82) is 0 Å². The minimum Gasteiger partial charge on any atom is -0.355 e. The lowest BCUT2D eigenvalue weighted by Crippen LogP contribution is -2.50. The van der Waals surface area contributed by atoms with E-state index in [-0.39, 0.29) is 29.7 Å². The first-order chi connectivity index (χ1) is 14.0. The van der Waals surface area contributed by atoms with Crippen LogP contribution in [0.2, 0.25) is 0 Å². The van der Waals surface area contributed by atoms with Gasteiger partial charge in [-0.05, 0) is 50.4 Å². The Balaban J connectivity index is 0.00000320. The Bertz CT molecular complexity index is 613. The van der Waals surface area contributed by atoms with Gasteiger partial charge < -0.3 is 15.5 Å². The van der Waals surface area contributed by atoms with E-state index in [9.17, 15) is 8.42 Å². The van der Waals surface area contributed by atoms with Crippen LogP contribution in [0.4, 0.5) is 0 Å². The number of halogens is 1. The zero-order chi connectivity index (χ0) is 20.5. The molecule has 0 atom stereocenters. The molecule has 3 N–H and O–H groups in total. The number of piperidine rings is 1. The van der Waals surface area contributed by atoms with Gasteiger partial charge in [0.2, 0.25) is 10.0 Å². The average Bonchev–Trinajstić information content (AvgIpc) is 2.68. The minimum atomic E-state index is -3.21. The summed E-state index contributed by atoms with van der Waals surface area (Å²) in [5, 5.41) is 6.65. The van der Waals surface area contributed by atoms with E-state index in [0.29, 0.717) is 31.0 Å². The third-order valence-electron chi connectivity index (χ3n) is 6.87. The molecule has 0 aromatic heterocycles. The van der Waals surface area contributed by atoms with Crippen molar-refractivity contribution in [3.05, 3.63) is 0 Å². The fourth-order valence-electron chi connectivity index (χ4n) is 4.70. The van der Waals surface area contributed by atoms with E-state index in [1.54, 1.807) is 7.05 Å². The van der Waals surface area contributed by atoms with Gasteiger partial charge in [0.1, 0.15) is 0 Å².